The lowest BCUT2D eigenvalue weighted by Crippen LogP contribution is -2.52. The first-order valence-corrected chi connectivity index (χ1v) is 33.4. The molecule has 8 fully saturated rings. The van der Waals surface area contributed by atoms with Crippen LogP contribution in [0.3, 0.4) is 0 Å². The van der Waals surface area contributed by atoms with Gasteiger partial charge < -0.3 is 0 Å². The second-order valence-corrected chi connectivity index (χ2v) is 30.1. The molecule has 8 rings (SSSR count). The van der Waals surface area contributed by atoms with Gasteiger partial charge in [-0.25, -0.2) is 26.3 Å². The van der Waals surface area contributed by atoms with Crippen LogP contribution >= 0.6 is 0 Å². The van der Waals surface area contributed by atoms with Crippen LogP contribution in [0.1, 0.15) is 204 Å². The monoisotopic (exact) mass is 1500 g/mol. The first-order valence-electron chi connectivity index (χ1n) is 34.4. The Hall–Kier alpha value is -2.17. The molecule has 25 atom stereocenters. The first-order chi connectivity index (χ1) is 44.2. The Balaban J connectivity index is 0.000000573. The molecule has 0 nitrogen and oxygen atoms in total. The fraction of sp³-hybridized carbons (Fsp3) is 1.00. The van der Waals surface area contributed by atoms with Crippen molar-refractivity contribution in [2.24, 2.45) is 136 Å². The maximum Gasteiger partial charge on any atom is 0.392 e. The van der Waals surface area contributed by atoms with Crippen LogP contribution in [0.5, 0.6) is 0 Å². The van der Waals surface area contributed by atoms with Crippen LogP contribution in [0, 0.1) is 136 Å². The number of rotatable bonds is 0. The summed E-state index contributed by atoms with van der Waals surface area (Å²) < 4.78 is 403. The van der Waals surface area contributed by atoms with Gasteiger partial charge in [0.05, 0.1) is 47.3 Å². The minimum absolute atomic E-state index is 0.116. The molecule has 8 aliphatic carbocycles. The topological polar surface area (TPSA) is 0 Å². The molecule has 31 heteroatoms. The first kappa shape index (κ1) is 90.0. The van der Waals surface area contributed by atoms with E-state index in [2.05, 4.69) is 0 Å². The highest BCUT2D eigenvalue weighted by molar-refractivity contribution is 5.19. The van der Waals surface area contributed by atoms with Gasteiger partial charge in [0.15, 0.2) is 0 Å². The van der Waals surface area contributed by atoms with Crippen molar-refractivity contribution >= 4 is 0 Å². The number of halogens is 31. The van der Waals surface area contributed by atoms with Gasteiger partial charge in [0.1, 0.15) is 18.5 Å². The molecule has 0 saturated heterocycles. The lowest BCUT2D eigenvalue weighted by atomic mass is 9.73. The molecule has 0 aromatic heterocycles. The highest BCUT2D eigenvalue weighted by atomic mass is 19.4. The van der Waals surface area contributed by atoms with Crippen LogP contribution in [0.25, 0.3) is 0 Å². The number of hydrogen-bond donors (Lipinski definition) is 0. The van der Waals surface area contributed by atoms with Crippen molar-refractivity contribution in [2.45, 2.75) is 286 Å². The normalized spacial score (nSPS) is 43.4. The molecule has 0 aliphatic heterocycles. The van der Waals surface area contributed by atoms with Gasteiger partial charge in [-0.3, -0.25) is 0 Å². The molecular weight excluding hydrogens is 1390 g/mol. The molecule has 0 bridgehead atoms. The molecule has 0 heterocycles. The van der Waals surface area contributed by atoms with Crippen molar-refractivity contribution in [3.63, 3.8) is 0 Å². The summed E-state index contributed by atoms with van der Waals surface area (Å²) in [7, 11) is 0. The zero-order valence-electron chi connectivity index (χ0n) is 60.3. The highest BCUT2D eigenvalue weighted by Gasteiger charge is 2.88. The Labute approximate surface area is 560 Å². The molecule has 0 aromatic rings. The smallest absolute Gasteiger partial charge is 0.247 e. The summed E-state index contributed by atoms with van der Waals surface area (Å²) in [6.07, 6.45) is -27.2. The molecule has 98 heavy (non-hydrogen) atoms. The third kappa shape index (κ3) is 23.9. The Morgan fingerprint density at radius 2 is 0.633 bits per heavy atom. The predicted octanol–water partition coefficient (Wildman–Crippen LogP) is 27.1. The molecule has 0 aromatic carbocycles. The molecule has 21 unspecified atom stereocenters. The van der Waals surface area contributed by atoms with E-state index in [1.165, 1.54) is 41.5 Å². The van der Waals surface area contributed by atoms with Crippen molar-refractivity contribution in [3.8, 4) is 0 Å². The van der Waals surface area contributed by atoms with E-state index >= 15 is 0 Å². The molecule has 588 valence electrons. The van der Waals surface area contributed by atoms with Gasteiger partial charge >= 0.3 is 55.1 Å². The van der Waals surface area contributed by atoms with Gasteiger partial charge in [-0.05, 0) is 142 Å². The fourth-order valence-corrected chi connectivity index (χ4v) is 15.6. The zero-order chi connectivity index (χ0) is 79.5. The van der Waals surface area contributed by atoms with E-state index in [4.69, 9.17) is 2.74 Å². The van der Waals surface area contributed by atoms with Gasteiger partial charge in [0, 0.05) is 14.6 Å². The van der Waals surface area contributed by atoms with Crippen molar-refractivity contribution in [3.05, 3.63) is 0 Å². The molecule has 0 spiro atoms. The molecule has 0 amide bonds. The minimum atomic E-state index is -5.36. The minimum Gasteiger partial charge on any atom is -0.247 e. The van der Waals surface area contributed by atoms with Crippen LogP contribution in [0.4, 0.5) is 136 Å². The molecular formula is C67H103F31. The van der Waals surface area contributed by atoms with E-state index < -0.39 is 174 Å². The lowest BCUT2D eigenvalue weighted by Gasteiger charge is -2.35. The SMILES string of the molecule is CC1C(C)C(C(F)(F)F)C(C)C1C(F)(F)F.CC1C(F)C(C)C(F)C1F.CC1CC(C(F)(F)F)C[C@@H](C)C1.CC1CC(C)C(C(F)(F)F)C1.CC1CCCC(C(F)(F)F)[C@@H]1C.C[C@H]1C(F)(F)C(C)(F)C(F)(F)C1(F)F.[2H]C1(C)C(C)CCC1C(F)(F)F.[2H][C@@]1(C)C(C)CCCC1C(F)(F)F. The predicted molar refractivity (Wildman–Crippen MR) is 313 cm³/mol. The van der Waals surface area contributed by atoms with E-state index in [0.29, 0.717) is 38.5 Å². The summed E-state index contributed by atoms with van der Waals surface area (Å²) in [4.78, 5) is 0. The van der Waals surface area contributed by atoms with Gasteiger partial charge in [0.2, 0.25) is 5.67 Å². The number of alkyl halides is 31. The second-order valence-electron chi connectivity index (χ2n) is 30.1. The Kier molecular flexibility index (Phi) is 32.0. The quantitative estimate of drug-likeness (QED) is 0.212. The summed E-state index contributed by atoms with van der Waals surface area (Å²) in [6, 6.07) is 0. The Morgan fingerprint density at radius 3 is 0.837 bits per heavy atom. The van der Waals surface area contributed by atoms with Crippen LogP contribution in [0.2, 0.25) is 0 Å². The van der Waals surface area contributed by atoms with Crippen molar-refractivity contribution in [2.75, 3.05) is 0 Å². The largest absolute Gasteiger partial charge is 0.392 e. The molecule has 8 aliphatic rings. The van der Waals surface area contributed by atoms with E-state index in [1.54, 1.807) is 27.7 Å². The van der Waals surface area contributed by atoms with Crippen molar-refractivity contribution < 1.29 is 139 Å². The van der Waals surface area contributed by atoms with Crippen LogP contribution in [0.15, 0.2) is 0 Å². The highest BCUT2D eigenvalue weighted by Crippen LogP contribution is 2.65. The summed E-state index contributed by atoms with van der Waals surface area (Å²) in [5.41, 5.74) is -4.52. The number of hydrogen-bond acceptors (Lipinski definition) is 0. The van der Waals surface area contributed by atoms with Crippen LogP contribution in [-0.2, 0) is 0 Å². The summed E-state index contributed by atoms with van der Waals surface area (Å²) >= 11 is 0. The maximum absolute atomic E-state index is 12.9. The summed E-state index contributed by atoms with van der Waals surface area (Å²) in [6.45, 7) is 23.7. The molecule has 8 saturated carbocycles. The average Bonchev–Trinajstić information content (AvgIpc) is 1.53. The van der Waals surface area contributed by atoms with Crippen molar-refractivity contribution in [1.82, 2.24) is 0 Å². The Morgan fingerprint density at radius 1 is 0.296 bits per heavy atom. The van der Waals surface area contributed by atoms with E-state index in [-0.39, 0.29) is 74.0 Å². The van der Waals surface area contributed by atoms with Crippen LogP contribution in [-0.4, -0.2) is 85.2 Å². The van der Waals surface area contributed by atoms with Gasteiger partial charge in [-0.1, -0.05) is 136 Å². The second kappa shape index (κ2) is 34.8. The average molecular weight is 1500 g/mol. The fourth-order valence-electron chi connectivity index (χ4n) is 15.6. The van der Waals surface area contributed by atoms with Gasteiger partial charge in [-0.2, -0.15) is 110 Å². The third-order valence-electron chi connectivity index (χ3n) is 22.7. The van der Waals surface area contributed by atoms with Crippen molar-refractivity contribution in [1.29, 1.82) is 0 Å². The standard InChI is InChI=1S/C10H14F6.3C9H15F3.2C8H13F3.C7H7F7.C7H11F3/c1-4-5(2)8(10(14,15)16)6(3)7(4)9(11,12)13;1-6-3-7(2)5-8(4-6)9(10,11)12;2*1-6-4-3-5-8(7(6)2)9(10,11)12;1-5-3-6(2)7(4-5)8(9,10)11;1-5-3-4-7(6(5)2)8(9,10)11;1-3-5(9,10)4(2,8)7(13,14)6(3,11)12;1-3-5(8)4(2)7(10)6(3)9/h4-8H,1-3H3;3*6-8H,3-5H2,1-2H3;2*5-7H,3-4H2,1-2H3;3H,1-2H3;3-7H,1-2H3/t;6-,7?,8?;2*6?,7-,8?;;;3-,4?;/m.011..0./s1/i;;7D;;;6D;;. The lowest BCUT2D eigenvalue weighted by molar-refractivity contribution is -0.248. The van der Waals surface area contributed by atoms with Gasteiger partial charge in [-0.15, -0.1) is 0 Å². The summed E-state index contributed by atoms with van der Waals surface area (Å²) in [5, 5.41) is 0. The van der Waals surface area contributed by atoms with E-state index in [9.17, 15) is 136 Å². The molecule has 0 N–H and O–H groups in total. The van der Waals surface area contributed by atoms with E-state index in [0.717, 1.165) is 39.0 Å². The van der Waals surface area contributed by atoms with E-state index in [1.807, 2.05) is 27.7 Å². The maximum atomic E-state index is 12.9. The zero-order valence-corrected chi connectivity index (χ0v) is 58.3. The van der Waals surface area contributed by atoms with Gasteiger partial charge in [0.25, 0.3) is 5.92 Å². The molecule has 0 radical (unpaired) electrons. The van der Waals surface area contributed by atoms with Crippen LogP contribution < -0.4 is 0 Å². The third-order valence-corrected chi connectivity index (χ3v) is 22.7. The Bertz CT molecular complexity index is 2300. The summed E-state index contributed by atoms with van der Waals surface area (Å²) in [5.74, 6) is -35.2.